The summed E-state index contributed by atoms with van der Waals surface area (Å²) in [4.78, 5) is 16.7. The lowest BCUT2D eigenvalue weighted by Crippen LogP contribution is -2.31. The molecule has 1 aromatic heterocycles. The maximum absolute atomic E-state index is 10.7. The molecule has 6 heteroatoms. The van der Waals surface area contributed by atoms with Crippen molar-refractivity contribution >= 4 is 22.6 Å². The standard InChI is InChI=1S/C9H13N3O2S/c1-6-10-9(15-11-6)12(5-8(13)14)4-7-2-3-7/h7H,2-5H2,1H3,(H,13,14). The van der Waals surface area contributed by atoms with Crippen LogP contribution in [-0.4, -0.2) is 33.5 Å². The fourth-order valence-electron chi connectivity index (χ4n) is 1.40. The molecule has 1 heterocycles. The molecule has 1 fully saturated rings. The Labute approximate surface area is 91.9 Å². The summed E-state index contributed by atoms with van der Waals surface area (Å²) in [6.45, 7) is 2.63. The minimum atomic E-state index is -0.816. The first kappa shape index (κ1) is 10.4. The average Bonchev–Trinajstić information content (AvgIpc) is 2.85. The molecule has 1 aliphatic carbocycles. The average molecular weight is 227 g/mol. The van der Waals surface area contributed by atoms with Crippen molar-refractivity contribution < 1.29 is 9.90 Å². The van der Waals surface area contributed by atoms with Gasteiger partial charge in [-0.3, -0.25) is 4.79 Å². The van der Waals surface area contributed by atoms with Gasteiger partial charge in [-0.1, -0.05) is 0 Å². The Hall–Kier alpha value is -1.17. The normalized spacial score (nSPS) is 15.3. The summed E-state index contributed by atoms with van der Waals surface area (Å²) in [7, 11) is 0. The van der Waals surface area contributed by atoms with Gasteiger partial charge in [-0.15, -0.1) is 0 Å². The molecule has 0 spiro atoms. The van der Waals surface area contributed by atoms with Crippen LogP contribution in [0, 0.1) is 12.8 Å². The Morgan fingerprint density at radius 1 is 1.67 bits per heavy atom. The number of hydrogen-bond donors (Lipinski definition) is 1. The van der Waals surface area contributed by atoms with Crippen LogP contribution < -0.4 is 4.90 Å². The number of carboxylic acids is 1. The van der Waals surface area contributed by atoms with E-state index in [0.29, 0.717) is 11.7 Å². The number of hydrogen-bond acceptors (Lipinski definition) is 5. The van der Waals surface area contributed by atoms with Crippen molar-refractivity contribution in [2.75, 3.05) is 18.0 Å². The summed E-state index contributed by atoms with van der Waals surface area (Å²) < 4.78 is 4.07. The summed E-state index contributed by atoms with van der Waals surface area (Å²) in [6.07, 6.45) is 2.40. The van der Waals surface area contributed by atoms with Crippen LogP contribution in [0.2, 0.25) is 0 Å². The van der Waals surface area contributed by atoms with E-state index < -0.39 is 5.97 Å². The molecule has 0 bridgehead atoms. The number of carboxylic acid groups (broad SMARTS) is 1. The van der Waals surface area contributed by atoms with Crippen molar-refractivity contribution in [1.29, 1.82) is 0 Å². The topological polar surface area (TPSA) is 66.3 Å². The largest absolute Gasteiger partial charge is 0.480 e. The second-order valence-corrected chi connectivity index (χ2v) is 4.57. The van der Waals surface area contributed by atoms with Crippen LogP contribution in [0.3, 0.4) is 0 Å². The third kappa shape index (κ3) is 2.89. The lowest BCUT2D eigenvalue weighted by molar-refractivity contribution is -0.135. The molecule has 1 N–H and O–H groups in total. The highest BCUT2D eigenvalue weighted by Crippen LogP contribution is 2.31. The second kappa shape index (κ2) is 4.14. The van der Waals surface area contributed by atoms with Crippen LogP contribution >= 0.6 is 11.5 Å². The molecule has 82 valence electrons. The van der Waals surface area contributed by atoms with Gasteiger partial charge in [0, 0.05) is 18.1 Å². The summed E-state index contributed by atoms with van der Waals surface area (Å²) in [5, 5.41) is 9.52. The number of rotatable bonds is 5. The predicted molar refractivity (Wildman–Crippen MR) is 57.2 cm³/mol. The number of anilines is 1. The molecule has 0 radical (unpaired) electrons. The summed E-state index contributed by atoms with van der Waals surface area (Å²) in [6, 6.07) is 0. The van der Waals surface area contributed by atoms with E-state index in [1.54, 1.807) is 0 Å². The molecule has 0 atom stereocenters. The van der Waals surface area contributed by atoms with Gasteiger partial charge in [0.1, 0.15) is 12.4 Å². The molecule has 0 unspecified atom stereocenters. The Morgan fingerprint density at radius 2 is 2.40 bits per heavy atom. The lowest BCUT2D eigenvalue weighted by atomic mass is 10.4. The van der Waals surface area contributed by atoms with Crippen LogP contribution in [0.4, 0.5) is 5.13 Å². The molecule has 1 aromatic rings. The molecule has 0 aliphatic heterocycles. The number of aryl methyl sites for hydroxylation is 1. The zero-order chi connectivity index (χ0) is 10.8. The monoisotopic (exact) mass is 227 g/mol. The van der Waals surface area contributed by atoms with Gasteiger partial charge in [-0.05, 0) is 25.7 Å². The molecule has 15 heavy (non-hydrogen) atoms. The quantitative estimate of drug-likeness (QED) is 0.817. The van der Waals surface area contributed by atoms with Crippen LogP contribution in [0.1, 0.15) is 18.7 Å². The van der Waals surface area contributed by atoms with Gasteiger partial charge in [0.15, 0.2) is 0 Å². The van der Waals surface area contributed by atoms with Crippen molar-refractivity contribution in [3.05, 3.63) is 5.82 Å². The van der Waals surface area contributed by atoms with Crippen molar-refractivity contribution in [3.8, 4) is 0 Å². The Kier molecular flexibility index (Phi) is 2.86. The maximum Gasteiger partial charge on any atom is 0.323 e. The molecular weight excluding hydrogens is 214 g/mol. The van der Waals surface area contributed by atoms with Gasteiger partial charge in [-0.25, -0.2) is 4.98 Å². The van der Waals surface area contributed by atoms with Crippen molar-refractivity contribution in [2.24, 2.45) is 5.92 Å². The number of aliphatic carboxylic acids is 1. The van der Waals surface area contributed by atoms with E-state index >= 15 is 0 Å². The molecule has 0 aromatic carbocycles. The van der Waals surface area contributed by atoms with E-state index in [1.807, 2.05) is 11.8 Å². The number of nitrogens with zero attached hydrogens (tertiary/aromatic N) is 3. The van der Waals surface area contributed by atoms with E-state index in [-0.39, 0.29) is 6.54 Å². The van der Waals surface area contributed by atoms with Crippen LogP contribution in [-0.2, 0) is 4.79 Å². The Morgan fingerprint density at radius 3 is 2.87 bits per heavy atom. The van der Waals surface area contributed by atoms with Crippen molar-refractivity contribution in [3.63, 3.8) is 0 Å². The minimum absolute atomic E-state index is 0.0190. The minimum Gasteiger partial charge on any atom is -0.480 e. The van der Waals surface area contributed by atoms with Crippen LogP contribution in [0.15, 0.2) is 0 Å². The lowest BCUT2D eigenvalue weighted by Gasteiger charge is -2.18. The van der Waals surface area contributed by atoms with E-state index in [0.717, 1.165) is 11.7 Å². The Balaban J connectivity index is 2.05. The smallest absolute Gasteiger partial charge is 0.323 e. The van der Waals surface area contributed by atoms with Gasteiger partial charge in [-0.2, -0.15) is 4.37 Å². The highest BCUT2D eigenvalue weighted by molar-refractivity contribution is 7.09. The molecule has 2 rings (SSSR count). The first-order valence-electron chi connectivity index (χ1n) is 4.92. The SMILES string of the molecule is Cc1nsc(N(CC(=O)O)CC2CC2)n1. The predicted octanol–water partition coefficient (Wildman–Crippen LogP) is 1.15. The molecule has 0 amide bonds. The zero-order valence-electron chi connectivity index (χ0n) is 8.51. The first-order valence-corrected chi connectivity index (χ1v) is 5.69. The fourth-order valence-corrected chi connectivity index (χ4v) is 2.08. The third-order valence-electron chi connectivity index (χ3n) is 2.29. The van der Waals surface area contributed by atoms with Crippen LogP contribution in [0.5, 0.6) is 0 Å². The van der Waals surface area contributed by atoms with E-state index in [4.69, 9.17) is 5.11 Å². The van der Waals surface area contributed by atoms with Gasteiger partial charge in [0.2, 0.25) is 5.13 Å². The van der Waals surface area contributed by atoms with E-state index in [1.165, 1.54) is 24.4 Å². The maximum atomic E-state index is 10.7. The van der Waals surface area contributed by atoms with Gasteiger partial charge in [0.05, 0.1) is 0 Å². The summed E-state index contributed by atoms with van der Waals surface area (Å²) in [5.74, 6) is 0.540. The van der Waals surface area contributed by atoms with Gasteiger partial charge in [0.25, 0.3) is 0 Å². The molecular formula is C9H13N3O2S. The number of aromatic nitrogens is 2. The van der Waals surface area contributed by atoms with E-state index in [9.17, 15) is 4.79 Å². The highest BCUT2D eigenvalue weighted by Gasteiger charge is 2.26. The molecule has 1 aliphatic rings. The third-order valence-corrected chi connectivity index (χ3v) is 3.16. The van der Waals surface area contributed by atoms with Crippen molar-refractivity contribution in [1.82, 2.24) is 9.36 Å². The van der Waals surface area contributed by atoms with E-state index in [2.05, 4.69) is 9.36 Å². The van der Waals surface area contributed by atoms with Crippen LogP contribution in [0.25, 0.3) is 0 Å². The number of carbonyl (C=O) groups is 1. The van der Waals surface area contributed by atoms with Crippen molar-refractivity contribution in [2.45, 2.75) is 19.8 Å². The zero-order valence-corrected chi connectivity index (χ0v) is 9.33. The second-order valence-electron chi connectivity index (χ2n) is 3.84. The fraction of sp³-hybridized carbons (Fsp3) is 0.667. The van der Waals surface area contributed by atoms with Gasteiger partial charge < -0.3 is 10.0 Å². The highest BCUT2D eigenvalue weighted by atomic mass is 32.1. The molecule has 5 nitrogen and oxygen atoms in total. The van der Waals surface area contributed by atoms with Gasteiger partial charge >= 0.3 is 5.97 Å². The molecule has 0 saturated heterocycles. The first-order chi connectivity index (χ1) is 7.15. The summed E-state index contributed by atoms with van der Waals surface area (Å²) >= 11 is 1.27. The Bertz CT molecular complexity index is 362. The molecule has 1 saturated carbocycles. The summed E-state index contributed by atoms with van der Waals surface area (Å²) in [5.41, 5.74) is 0.